The molecule has 2 heterocycles. The maximum Gasteiger partial charge on any atom is 0.336 e. The van der Waals surface area contributed by atoms with E-state index in [1.165, 1.54) is 60.7 Å². The molecule has 0 aliphatic rings. The summed E-state index contributed by atoms with van der Waals surface area (Å²) in [6.07, 6.45) is 7.13. The van der Waals surface area contributed by atoms with Gasteiger partial charge in [-0.3, -0.25) is 24.0 Å². The molecule has 4 rings (SSSR count). The predicted molar refractivity (Wildman–Crippen MR) is 201 cm³/mol. The van der Waals surface area contributed by atoms with Crippen LogP contribution in [-0.2, 0) is 36.9 Å². The van der Waals surface area contributed by atoms with Crippen molar-refractivity contribution >= 4 is 52.2 Å². The van der Waals surface area contributed by atoms with E-state index in [4.69, 9.17) is 0 Å². The van der Waals surface area contributed by atoms with E-state index in [2.05, 4.69) is 25.7 Å². The third kappa shape index (κ3) is 11.0. The summed E-state index contributed by atoms with van der Waals surface area (Å²) in [5.41, 5.74) is 0.711. The second-order valence-corrected chi connectivity index (χ2v) is 12.6. The number of amides is 4. The highest BCUT2D eigenvalue weighted by atomic mass is 16.5. The van der Waals surface area contributed by atoms with Gasteiger partial charge in [-0.25, -0.2) is 9.59 Å². The lowest BCUT2D eigenvalue weighted by atomic mass is 10.0. The number of nitrogens with zero attached hydrogens (tertiary/aromatic N) is 2. The van der Waals surface area contributed by atoms with Gasteiger partial charge in [0.05, 0.1) is 24.8 Å². The minimum atomic E-state index is -1.34. The summed E-state index contributed by atoms with van der Waals surface area (Å²) < 4.78 is 5.67. The number of carboxylic acid groups (broad SMARTS) is 1. The summed E-state index contributed by atoms with van der Waals surface area (Å²) in [6, 6.07) is 14.7. The summed E-state index contributed by atoms with van der Waals surface area (Å²) in [4.78, 5) is 94.4. The third-order valence-electron chi connectivity index (χ3n) is 8.47. The molecule has 5 N–H and O–H groups in total. The van der Waals surface area contributed by atoms with E-state index >= 15 is 0 Å². The van der Waals surface area contributed by atoms with Gasteiger partial charge < -0.3 is 40.2 Å². The van der Waals surface area contributed by atoms with E-state index in [0.29, 0.717) is 12.8 Å². The second-order valence-electron chi connectivity index (χ2n) is 12.6. The van der Waals surface area contributed by atoms with Crippen LogP contribution < -0.4 is 21.5 Å². The SMILES string of the molecule is CCCN(CC(=O)NC(C)Cc1c[nH]c2ccccc12)C(=O)Cn1cccc(NC(=O)[C@H](CC/C=C/C(=O)OC)NC(=O)c2ccccc2C(=O)O)c1=O. The summed E-state index contributed by atoms with van der Waals surface area (Å²) in [6.45, 7) is 3.39. The van der Waals surface area contributed by atoms with Crippen molar-refractivity contribution in [2.45, 2.75) is 58.2 Å². The zero-order valence-electron chi connectivity index (χ0n) is 30.3. The number of carbonyl (C=O) groups excluding carboxylic acids is 5. The van der Waals surface area contributed by atoms with Gasteiger partial charge in [-0.2, -0.15) is 0 Å². The van der Waals surface area contributed by atoms with Crippen molar-refractivity contribution in [1.82, 2.24) is 25.1 Å². The molecule has 0 radical (unpaired) electrons. The fourth-order valence-corrected chi connectivity index (χ4v) is 5.84. The van der Waals surface area contributed by atoms with Crippen LogP contribution >= 0.6 is 0 Å². The van der Waals surface area contributed by atoms with Crippen LogP contribution in [0.15, 0.2) is 90.0 Å². The van der Waals surface area contributed by atoms with Crippen molar-refractivity contribution in [3.8, 4) is 0 Å². The molecule has 54 heavy (non-hydrogen) atoms. The Morgan fingerprint density at radius 1 is 0.981 bits per heavy atom. The van der Waals surface area contributed by atoms with Crippen LogP contribution in [0.25, 0.3) is 10.9 Å². The number of aromatic nitrogens is 2. The largest absolute Gasteiger partial charge is 0.478 e. The topological polar surface area (TPSA) is 209 Å². The first-order valence-corrected chi connectivity index (χ1v) is 17.4. The maximum atomic E-state index is 13.5. The second kappa shape index (κ2) is 19.4. The number of hydrogen-bond donors (Lipinski definition) is 5. The van der Waals surface area contributed by atoms with Crippen molar-refractivity contribution in [1.29, 1.82) is 0 Å². The number of para-hydroxylation sites is 1. The smallest absolute Gasteiger partial charge is 0.336 e. The summed E-state index contributed by atoms with van der Waals surface area (Å²) in [7, 11) is 1.20. The van der Waals surface area contributed by atoms with Gasteiger partial charge in [0.1, 0.15) is 18.3 Å². The number of ether oxygens (including phenoxy) is 1. The molecule has 0 saturated carbocycles. The number of methoxy groups -OCH3 is 1. The van der Waals surface area contributed by atoms with E-state index in [-0.39, 0.29) is 54.7 Å². The highest BCUT2D eigenvalue weighted by Crippen LogP contribution is 2.19. The Morgan fingerprint density at radius 3 is 2.43 bits per heavy atom. The van der Waals surface area contributed by atoms with E-state index < -0.39 is 47.8 Å². The lowest BCUT2D eigenvalue weighted by molar-refractivity contribution is -0.136. The highest BCUT2D eigenvalue weighted by molar-refractivity contribution is 6.07. The molecule has 0 saturated heterocycles. The molecule has 1 unspecified atom stereocenters. The van der Waals surface area contributed by atoms with Crippen molar-refractivity contribution < 1.29 is 38.6 Å². The number of hydrogen-bond acceptors (Lipinski definition) is 8. The number of aromatic carboxylic acids is 1. The van der Waals surface area contributed by atoms with Crippen molar-refractivity contribution in [3.05, 3.63) is 112 Å². The minimum absolute atomic E-state index is 0.0335. The molecule has 0 aliphatic carbocycles. The molecule has 284 valence electrons. The van der Waals surface area contributed by atoms with Gasteiger partial charge in [-0.1, -0.05) is 43.3 Å². The fourth-order valence-electron chi connectivity index (χ4n) is 5.84. The maximum absolute atomic E-state index is 13.5. The van der Waals surface area contributed by atoms with Crippen molar-refractivity contribution in [2.24, 2.45) is 0 Å². The number of nitrogens with one attached hydrogen (secondary N) is 4. The van der Waals surface area contributed by atoms with Gasteiger partial charge >= 0.3 is 11.9 Å². The molecule has 4 aromatic rings. The van der Waals surface area contributed by atoms with Crippen LogP contribution in [0.4, 0.5) is 5.69 Å². The van der Waals surface area contributed by atoms with E-state index in [1.807, 2.05) is 44.3 Å². The molecule has 0 aliphatic heterocycles. The molecular weight excluding hydrogens is 696 g/mol. The lowest BCUT2D eigenvalue weighted by Crippen LogP contribution is -2.46. The van der Waals surface area contributed by atoms with Crippen LogP contribution in [0.1, 0.15) is 59.4 Å². The molecule has 15 nitrogen and oxygen atoms in total. The monoisotopic (exact) mass is 740 g/mol. The molecule has 2 aromatic heterocycles. The molecule has 2 atom stereocenters. The van der Waals surface area contributed by atoms with Gasteiger partial charge in [-0.15, -0.1) is 0 Å². The number of aromatic amines is 1. The zero-order valence-corrected chi connectivity index (χ0v) is 30.3. The molecular formula is C39H44N6O9. The summed E-state index contributed by atoms with van der Waals surface area (Å²) in [5.74, 6) is -4.43. The minimum Gasteiger partial charge on any atom is -0.478 e. The van der Waals surface area contributed by atoms with Crippen LogP contribution in [0, 0.1) is 0 Å². The number of anilines is 1. The third-order valence-corrected chi connectivity index (χ3v) is 8.47. The first-order valence-electron chi connectivity index (χ1n) is 17.4. The van der Waals surface area contributed by atoms with Crippen molar-refractivity contribution in [3.63, 3.8) is 0 Å². The van der Waals surface area contributed by atoms with Crippen LogP contribution in [0.2, 0.25) is 0 Å². The lowest BCUT2D eigenvalue weighted by Gasteiger charge is -2.23. The van der Waals surface area contributed by atoms with E-state index in [0.717, 1.165) is 27.1 Å². The molecule has 15 heteroatoms. The normalized spacial score (nSPS) is 12.1. The van der Waals surface area contributed by atoms with Gasteiger partial charge in [0.2, 0.25) is 17.7 Å². The zero-order chi connectivity index (χ0) is 39.2. The summed E-state index contributed by atoms with van der Waals surface area (Å²) in [5, 5.41) is 18.6. The van der Waals surface area contributed by atoms with E-state index in [1.54, 1.807) is 0 Å². The predicted octanol–water partition coefficient (Wildman–Crippen LogP) is 3.26. The Balaban J connectivity index is 1.43. The van der Waals surface area contributed by atoms with Gasteiger partial charge in [0.15, 0.2) is 0 Å². The average molecular weight is 741 g/mol. The van der Waals surface area contributed by atoms with Gasteiger partial charge in [0, 0.05) is 42.0 Å². The number of carboxylic acids is 1. The number of carbonyl (C=O) groups is 6. The molecule has 0 bridgehead atoms. The van der Waals surface area contributed by atoms with Crippen LogP contribution in [0.3, 0.4) is 0 Å². The number of allylic oxidation sites excluding steroid dienone is 1. The molecule has 4 amide bonds. The molecule has 0 fully saturated rings. The number of fused-ring (bicyclic) bond motifs is 1. The standard InChI is InChI=1S/C39H44N6O9/c1-4-19-44(23-33(46)41-25(2)21-26-22-40-30-15-8-7-12-27(26)30)34(47)24-45-20-11-17-32(38(45)51)43-37(50)31(16-9-10-18-35(48)54-3)42-36(49)28-13-5-6-14-29(28)39(52)53/h5-8,10-15,17-18,20,22,25,31,40H,4,9,16,19,21,23-24H2,1-3H3,(H,41,46)(H,42,49)(H,43,50)(H,52,53)/b18-10+/t25?,31-/m0/s1. The first kappa shape index (κ1) is 40.3. The fraction of sp³-hybridized carbons (Fsp3) is 0.308. The Labute approximate surface area is 311 Å². The number of rotatable bonds is 18. The number of pyridine rings is 1. The number of benzene rings is 2. The Bertz CT molecular complexity index is 2090. The van der Waals surface area contributed by atoms with Crippen molar-refractivity contribution in [2.75, 3.05) is 25.5 Å². The Hall–Kier alpha value is -6.51. The first-order chi connectivity index (χ1) is 25.9. The highest BCUT2D eigenvalue weighted by Gasteiger charge is 2.25. The quantitative estimate of drug-likeness (QED) is 0.0748. The average Bonchev–Trinajstić information content (AvgIpc) is 3.56. The van der Waals surface area contributed by atoms with Gasteiger partial charge in [-0.05, 0) is 68.5 Å². The number of H-pyrrole nitrogens is 1. The summed E-state index contributed by atoms with van der Waals surface area (Å²) >= 11 is 0. The molecule has 2 aromatic carbocycles. The molecule has 0 spiro atoms. The van der Waals surface area contributed by atoms with Crippen LogP contribution in [0.5, 0.6) is 0 Å². The number of esters is 1. The Kier molecular flexibility index (Phi) is 14.4. The van der Waals surface area contributed by atoms with E-state index in [9.17, 15) is 38.7 Å². The van der Waals surface area contributed by atoms with Crippen LogP contribution in [-0.4, -0.2) is 87.4 Å². The van der Waals surface area contributed by atoms with Gasteiger partial charge in [0.25, 0.3) is 11.5 Å². The Morgan fingerprint density at radius 2 is 1.70 bits per heavy atom.